The molecule has 11 nitrogen and oxygen atoms in total. The van der Waals surface area contributed by atoms with Crippen LogP contribution in [0, 0.1) is 17.2 Å². The van der Waals surface area contributed by atoms with Gasteiger partial charge in [0.1, 0.15) is 28.4 Å². The van der Waals surface area contributed by atoms with Crippen LogP contribution in [-0.4, -0.2) is 52.0 Å². The van der Waals surface area contributed by atoms with Gasteiger partial charge in [0, 0.05) is 43.9 Å². The third-order valence-electron chi connectivity index (χ3n) is 7.22. The highest BCUT2D eigenvalue weighted by molar-refractivity contribution is 6.06. The second-order valence-electron chi connectivity index (χ2n) is 11.0. The van der Waals surface area contributed by atoms with Crippen molar-refractivity contribution in [2.24, 2.45) is 23.9 Å². The van der Waals surface area contributed by atoms with Gasteiger partial charge in [-0.1, -0.05) is 5.16 Å². The third-order valence-corrected chi connectivity index (χ3v) is 7.22. The van der Waals surface area contributed by atoms with Crippen molar-refractivity contribution < 1.29 is 14.4 Å². The first-order chi connectivity index (χ1) is 18.9. The largest absolute Gasteiger partial charge is 0.481 e. The van der Waals surface area contributed by atoms with Gasteiger partial charge in [0.25, 0.3) is 11.5 Å². The summed E-state index contributed by atoms with van der Waals surface area (Å²) in [5.74, 6) is -0.200. The summed E-state index contributed by atoms with van der Waals surface area (Å²) in [6.45, 7) is 5.84. The van der Waals surface area contributed by atoms with Crippen LogP contribution in [0.25, 0.3) is 11.0 Å². The van der Waals surface area contributed by atoms with Crippen molar-refractivity contribution >= 4 is 28.3 Å². The number of primary amides is 1. The molecular formula is C29H35N7O4. The number of fused-ring (bicyclic) bond motifs is 1. The van der Waals surface area contributed by atoms with Gasteiger partial charge in [-0.05, 0) is 64.7 Å². The van der Waals surface area contributed by atoms with Crippen LogP contribution in [0.1, 0.15) is 68.1 Å². The summed E-state index contributed by atoms with van der Waals surface area (Å²) in [5.41, 5.74) is 7.77. The Kier molecular flexibility index (Phi) is 8.09. The summed E-state index contributed by atoms with van der Waals surface area (Å²) < 4.78 is 6.56. The molecule has 210 valence electrons. The van der Waals surface area contributed by atoms with Gasteiger partial charge >= 0.3 is 0 Å². The van der Waals surface area contributed by atoms with E-state index >= 15 is 0 Å². The third kappa shape index (κ3) is 5.76. The molecule has 0 saturated heterocycles. The average Bonchev–Trinajstić information content (AvgIpc) is 2.94. The molecule has 1 fully saturated rings. The molecule has 0 unspecified atom stereocenters. The number of pyridine rings is 3. The van der Waals surface area contributed by atoms with Gasteiger partial charge < -0.3 is 24.8 Å². The maximum absolute atomic E-state index is 13.2. The minimum absolute atomic E-state index is 0.00373. The first-order valence-corrected chi connectivity index (χ1v) is 13.2. The Labute approximate surface area is 233 Å². The quantitative estimate of drug-likeness (QED) is 0.350. The average molecular weight is 546 g/mol. The van der Waals surface area contributed by atoms with Crippen LogP contribution in [-0.2, 0) is 11.9 Å². The standard InChI is InChI=1S/C29H35N7O4/c1-29(2,3)40-34-24(18-9-14-22(39-6)32-16-18)17-7-11-20(12-8-17)35(4)26-23(27(31)37)28(38)36(5)21-13-10-19(15-30)33-25(21)26/h9-10,13-14,16-17,20H,7-8,11-12H2,1-6H3,(H2,31,37)/b34-24-. The molecule has 1 aliphatic rings. The van der Waals surface area contributed by atoms with Gasteiger partial charge in [0.15, 0.2) is 0 Å². The Morgan fingerprint density at radius 1 is 1.20 bits per heavy atom. The Hall–Kier alpha value is -4.46. The number of hydrogen-bond donors (Lipinski definition) is 1. The maximum Gasteiger partial charge on any atom is 0.265 e. The van der Waals surface area contributed by atoms with E-state index < -0.39 is 17.1 Å². The number of nitriles is 1. The monoisotopic (exact) mass is 545 g/mol. The van der Waals surface area contributed by atoms with E-state index in [1.165, 1.54) is 4.57 Å². The fourth-order valence-electron chi connectivity index (χ4n) is 5.14. The van der Waals surface area contributed by atoms with Crippen molar-refractivity contribution in [3.63, 3.8) is 0 Å². The van der Waals surface area contributed by atoms with Crippen molar-refractivity contribution in [1.82, 2.24) is 14.5 Å². The van der Waals surface area contributed by atoms with Crippen molar-refractivity contribution in [1.29, 1.82) is 5.26 Å². The summed E-state index contributed by atoms with van der Waals surface area (Å²) in [4.78, 5) is 42.3. The number of oxime groups is 1. The summed E-state index contributed by atoms with van der Waals surface area (Å²) >= 11 is 0. The van der Waals surface area contributed by atoms with E-state index in [-0.39, 0.29) is 23.2 Å². The van der Waals surface area contributed by atoms with Gasteiger partial charge in [-0.25, -0.2) is 9.97 Å². The van der Waals surface area contributed by atoms with Crippen molar-refractivity contribution in [3.05, 3.63) is 57.6 Å². The lowest BCUT2D eigenvalue weighted by molar-refractivity contribution is -0.0000376. The van der Waals surface area contributed by atoms with E-state index in [1.54, 1.807) is 38.6 Å². The summed E-state index contributed by atoms with van der Waals surface area (Å²) in [6, 6.07) is 8.99. The number of nitrogens with two attached hydrogens (primary N) is 1. The molecule has 2 N–H and O–H groups in total. The number of anilines is 1. The lowest BCUT2D eigenvalue weighted by Gasteiger charge is -2.37. The van der Waals surface area contributed by atoms with Gasteiger partial charge in [-0.2, -0.15) is 5.26 Å². The predicted molar refractivity (Wildman–Crippen MR) is 153 cm³/mol. The molecule has 0 spiro atoms. The topological polar surface area (TPSA) is 149 Å². The number of ether oxygens (including phenoxy) is 1. The lowest BCUT2D eigenvalue weighted by atomic mass is 9.80. The van der Waals surface area contributed by atoms with Crippen LogP contribution in [0.15, 0.2) is 40.4 Å². The molecule has 0 radical (unpaired) electrons. The van der Waals surface area contributed by atoms with E-state index in [2.05, 4.69) is 15.1 Å². The Morgan fingerprint density at radius 2 is 1.90 bits per heavy atom. The van der Waals surface area contributed by atoms with Gasteiger partial charge in [0.2, 0.25) is 5.88 Å². The smallest absolute Gasteiger partial charge is 0.265 e. The summed E-state index contributed by atoms with van der Waals surface area (Å²) in [6.07, 6.45) is 4.83. The number of carbonyl (C=O) groups is 1. The molecule has 3 heterocycles. The molecule has 0 atom stereocenters. The Morgan fingerprint density at radius 3 is 2.45 bits per heavy atom. The van der Waals surface area contributed by atoms with Gasteiger partial charge in [-0.15, -0.1) is 0 Å². The molecule has 40 heavy (non-hydrogen) atoms. The SMILES string of the molecule is COc1ccc(/C(=N\OC(C)(C)C)C2CCC(N(C)c3c(C(N)=O)c(=O)n(C)c4ccc(C#N)nc34)CC2)cn1. The Bertz CT molecular complexity index is 1540. The van der Waals surface area contributed by atoms with E-state index in [0.717, 1.165) is 37.0 Å². The van der Waals surface area contributed by atoms with Crippen LogP contribution in [0.3, 0.4) is 0 Å². The van der Waals surface area contributed by atoms with Gasteiger partial charge in [-0.3, -0.25) is 9.59 Å². The molecule has 4 rings (SSSR count). The maximum atomic E-state index is 13.2. The van der Waals surface area contributed by atoms with E-state index in [0.29, 0.717) is 22.6 Å². The number of rotatable bonds is 7. The number of hydrogen-bond acceptors (Lipinski definition) is 9. The number of aromatic nitrogens is 3. The molecule has 1 amide bonds. The highest BCUT2D eigenvalue weighted by Gasteiger charge is 2.32. The highest BCUT2D eigenvalue weighted by atomic mass is 16.6. The van der Waals surface area contributed by atoms with Crippen LogP contribution >= 0.6 is 0 Å². The fraction of sp³-hybridized carbons (Fsp3) is 0.448. The molecule has 1 aliphatic carbocycles. The van der Waals surface area contributed by atoms with Crippen molar-refractivity contribution in [3.8, 4) is 11.9 Å². The van der Waals surface area contributed by atoms with Crippen molar-refractivity contribution in [2.75, 3.05) is 19.1 Å². The van der Waals surface area contributed by atoms with Gasteiger partial charge in [0.05, 0.1) is 24.0 Å². The zero-order valence-electron chi connectivity index (χ0n) is 23.8. The second-order valence-corrected chi connectivity index (χ2v) is 11.0. The molecular weight excluding hydrogens is 510 g/mol. The van der Waals surface area contributed by atoms with E-state index in [1.807, 2.05) is 44.9 Å². The minimum atomic E-state index is -0.831. The number of methoxy groups -OCH3 is 1. The first kappa shape index (κ1) is 28.5. The van der Waals surface area contributed by atoms with Crippen LogP contribution in [0.4, 0.5) is 5.69 Å². The fourth-order valence-corrected chi connectivity index (χ4v) is 5.14. The zero-order valence-corrected chi connectivity index (χ0v) is 23.8. The molecule has 0 aromatic carbocycles. The van der Waals surface area contributed by atoms with Crippen LogP contribution in [0.5, 0.6) is 5.88 Å². The number of nitrogens with zero attached hydrogens (tertiary/aromatic N) is 6. The molecule has 0 aliphatic heterocycles. The lowest BCUT2D eigenvalue weighted by Crippen LogP contribution is -2.40. The zero-order chi connectivity index (χ0) is 29.2. The highest BCUT2D eigenvalue weighted by Crippen LogP contribution is 2.35. The van der Waals surface area contributed by atoms with Crippen LogP contribution < -0.4 is 20.9 Å². The predicted octanol–water partition coefficient (Wildman–Crippen LogP) is 3.52. The number of amides is 1. The van der Waals surface area contributed by atoms with E-state index in [4.69, 9.17) is 15.3 Å². The van der Waals surface area contributed by atoms with Crippen molar-refractivity contribution in [2.45, 2.75) is 58.1 Å². The number of aryl methyl sites for hydroxylation is 1. The molecule has 3 aromatic rings. The molecule has 3 aromatic heterocycles. The van der Waals surface area contributed by atoms with Crippen LogP contribution in [0.2, 0.25) is 0 Å². The summed E-state index contributed by atoms with van der Waals surface area (Å²) in [7, 11) is 4.98. The molecule has 11 heteroatoms. The second kappa shape index (κ2) is 11.3. The first-order valence-electron chi connectivity index (χ1n) is 13.2. The van der Waals surface area contributed by atoms with E-state index in [9.17, 15) is 14.9 Å². The normalized spacial score (nSPS) is 17.8. The molecule has 0 bridgehead atoms. The minimum Gasteiger partial charge on any atom is -0.481 e. The summed E-state index contributed by atoms with van der Waals surface area (Å²) in [5, 5.41) is 14.0. The Balaban J connectivity index is 1.67. The molecule has 1 saturated carbocycles. The number of carbonyl (C=O) groups excluding carboxylic acids is 1.